The minimum Gasteiger partial charge on any atom is -0.382 e. The average Bonchev–Trinajstić information content (AvgIpc) is 3.15. The molecule has 3 aromatic heterocycles. The predicted molar refractivity (Wildman–Crippen MR) is 78.8 cm³/mol. The van der Waals surface area contributed by atoms with Crippen molar-refractivity contribution in [3.8, 4) is 0 Å². The number of hydrogen-bond acceptors (Lipinski definition) is 6. The Kier molecular flexibility index (Phi) is 2.81. The molecule has 0 radical (unpaired) electrons. The van der Waals surface area contributed by atoms with Crippen molar-refractivity contribution in [1.82, 2.24) is 29.3 Å². The van der Waals surface area contributed by atoms with Crippen molar-refractivity contribution < 1.29 is 13.2 Å². The minimum absolute atomic E-state index is 0.00553. The molecule has 1 aliphatic heterocycles. The van der Waals surface area contributed by atoms with Crippen LogP contribution in [0.15, 0.2) is 6.33 Å². The molecule has 4 rings (SSSR count). The fourth-order valence-electron chi connectivity index (χ4n) is 2.90. The van der Waals surface area contributed by atoms with Crippen LogP contribution in [0.25, 0.3) is 11.2 Å². The molecule has 0 aromatic carbocycles. The van der Waals surface area contributed by atoms with Gasteiger partial charge in [-0.15, -0.1) is 0 Å². The third kappa shape index (κ3) is 2.00. The summed E-state index contributed by atoms with van der Waals surface area (Å²) < 4.78 is 43.1. The summed E-state index contributed by atoms with van der Waals surface area (Å²) in [6.45, 7) is 0.659. The molecular formula is C13H13F3N8. The Balaban J connectivity index is 1.84. The number of nitrogens with zero attached hydrogens (tertiary/aromatic N) is 7. The van der Waals surface area contributed by atoms with Crippen LogP contribution in [0.3, 0.4) is 0 Å². The summed E-state index contributed by atoms with van der Waals surface area (Å²) in [6.07, 6.45) is -3.32. The Hall–Kier alpha value is -2.85. The van der Waals surface area contributed by atoms with Crippen molar-refractivity contribution >= 4 is 22.9 Å². The molecule has 0 atom stereocenters. The first kappa shape index (κ1) is 14.7. The van der Waals surface area contributed by atoms with E-state index in [1.54, 1.807) is 23.7 Å². The molecule has 11 heteroatoms. The van der Waals surface area contributed by atoms with Gasteiger partial charge in [0.15, 0.2) is 17.2 Å². The summed E-state index contributed by atoms with van der Waals surface area (Å²) >= 11 is 0. The lowest BCUT2D eigenvalue weighted by molar-refractivity contribution is -0.139. The summed E-state index contributed by atoms with van der Waals surface area (Å²) in [5.41, 5.74) is 6.31. The Bertz CT molecular complexity index is 928. The van der Waals surface area contributed by atoms with Crippen molar-refractivity contribution in [2.24, 2.45) is 14.1 Å². The summed E-state index contributed by atoms with van der Waals surface area (Å²) in [6, 6.07) is 0. The Morgan fingerprint density at radius 3 is 2.58 bits per heavy atom. The third-order valence-corrected chi connectivity index (χ3v) is 4.09. The van der Waals surface area contributed by atoms with E-state index in [1.807, 2.05) is 0 Å². The number of halogens is 3. The molecule has 0 fully saturated rings. The maximum absolute atomic E-state index is 13.3. The smallest absolute Gasteiger partial charge is 0.382 e. The fourth-order valence-corrected chi connectivity index (χ4v) is 2.90. The Morgan fingerprint density at radius 1 is 1.17 bits per heavy atom. The van der Waals surface area contributed by atoms with Gasteiger partial charge in [-0.25, -0.2) is 9.97 Å². The number of nitrogens with two attached hydrogens (primary N) is 1. The number of fused-ring (bicyclic) bond motifs is 2. The highest BCUT2D eigenvalue weighted by molar-refractivity contribution is 5.75. The molecule has 2 N–H and O–H groups in total. The zero-order chi connectivity index (χ0) is 17.2. The maximum atomic E-state index is 13.3. The molecule has 0 saturated heterocycles. The highest BCUT2D eigenvalue weighted by Crippen LogP contribution is 2.35. The molecule has 24 heavy (non-hydrogen) atoms. The maximum Gasteiger partial charge on any atom is 0.435 e. The summed E-state index contributed by atoms with van der Waals surface area (Å²) in [4.78, 5) is 13.4. The zero-order valence-electron chi connectivity index (χ0n) is 12.8. The number of nitrogen functional groups attached to an aromatic ring is 1. The molecule has 0 bridgehead atoms. The second-order valence-corrected chi connectivity index (χ2v) is 5.69. The van der Waals surface area contributed by atoms with Crippen LogP contribution in [-0.2, 0) is 33.4 Å². The van der Waals surface area contributed by atoms with E-state index in [1.165, 1.54) is 10.9 Å². The normalized spacial score (nSPS) is 14.6. The van der Waals surface area contributed by atoms with Crippen LogP contribution in [0.2, 0.25) is 0 Å². The monoisotopic (exact) mass is 338 g/mol. The van der Waals surface area contributed by atoms with Crippen LogP contribution in [0.4, 0.5) is 24.9 Å². The fraction of sp³-hybridized carbons (Fsp3) is 0.385. The Labute approximate surface area is 133 Å². The molecule has 126 valence electrons. The van der Waals surface area contributed by atoms with Gasteiger partial charge in [-0.3, -0.25) is 4.68 Å². The van der Waals surface area contributed by atoms with Crippen LogP contribution in [-0.4, -0.2) is 29.3 Å². The van der Waals surface area contributed by atoms with Gasteiger partial charge >= 0.3 is 6.18 Å². The van der Waals surface area contributed by atoms with Gasteiger partial charge in [0.25, 0.3) is 0 Å². The van der Waals surface area contributed by atoms with Gasteiger partial charge in [-0.1, -0.05) is 0 Å². The van der Waals surface area contributed by atoms with Gasteiger partial charge < -0.3 is 15.2 Å². The molecule has 0 unspecified atom stereocenters. The van der Waals surface area contributed by atoms with E-state index in [2.05, 4.69) is 20.1 Å². The molecule has 8 nitrogen and oxygen atoms in total. The molecular weight excluding hydrogens is 325 g/mol. The van der Waals surface area contributed by atoms with E-state index in [0.29, 0.717) is 18.9 Å². The number of imidazole rings is 1. The second-order valence-electron chi connectivity index (χ2n) is 5.69. The van der Waals surface area contributed by atoms with Crippen LogP contribution in [0.5, 0.6) is 0 Å². The van der Waals surface area contributed by atoms with Gasteiger partial charge in [0.1, 0.15) is 5.52 Å². The standard InChI is InChI=1S/C13H13F3N8/c1-22-5-18-8-9(13(14,15)16)19-12(20-11(8)22)24-3-6-7(4-24)23(2)21-10(6)17/h5H,3-4H2,1-2H3,(H2,17,21). The van der Waals surface area contributed by atoms with Gasteiger partial charge in [0.2, 0.25) is 5.95 Å². The highest BCUT2D eigenvalue weighted by atomic mass is 19.4. The summed E-state index contributed by atoms with van der Waals surface area (Å²) in [7, 11) is 3.33. The first-order valence-corrected chi connectivity index (χ1v) is 7.07. The van der Waals surface area contributed by atoms with Gasteiger partial charge in [0, 0.05) is 19.7 Å². The molecule has 3 aromatic rings. The largest absolute Gasteiger partial charge is 0.435 e. The SMILES string of the molecule is Cn1nc(N)c2c1CN(c1nc(C(F)(F)F)c3ncn(C)c3n1)C2. The van der Waals surface area contributed by atoms with Gasteiger partial charge in [-0.05, 0) is 0 Å². The van der Waals surface area contributed by atoms with Crippen molar-refractivity contribution in [2.75, 3.05) is 10.6 Å². The van der Waals surface area contributed by atoms with Crippen LogP contribution < -0.4 is 10.6 Å². The lowest BCUT2D eigenvalue weighted by Gasteiger charge is -2.17. The average molecular weight is 338 g/mol. The van der Waals surface area contributed by atoms with E-state index in [-0.39, 0.29) is 17.1 Å². The molecule has 0 spiro atoms. The molecule has 0 aliphatic carbocycles. The summed E-state index contributed by atoms with van der Waals surface area (Å²) in [5, 5.41) is 4.11. The predicted octanol–water partition coefficient (Wildman–Crippen LogP) is 1.22. The number of hydrogen-bond donors (Lipinski definition) is 1. The quantitative estimate of drug-likeness (QED) is 0.717. The van der Waals surface area contributed by atoms with Crippen molar-refractivity contribution in [3.05, 3.63) is 23.3 Å². The minimum atomic E-state index is -4.61. The van der Waals surface area contributed by atoms with E-state index >= 15 is 0 Å². The number of rotatable bonds is 1. The number of alkyl halides is 3. The first-order chi connectivity index (χ1) is 11.3. The van der Waals surface area contributed by atoms with Crippen LogP contribution >= 0.6 is 0 Å². The molecule has 0 amide bonds. The Morgan fingerprint density at radius 2 is 1.92 bits per heavy atom. The van der Waals surface area contributed by atoms with Crippen molar-refractivity contribution in [3.63, 3.8) is 0 Å². The van der Waals surface area contributed by atoms with E-state index < -0.39 is 11.9 Å². The molecule has 4 heterocycles. The van der Waals surface area contributed by atoms with E-state index in [4.69, 9.17) is 5.73 Å². The molecule has 1 aliphatic rings. The highest BCUT2D eigenvalue weighted by Gasteiger charge is 2.38. The number of aryl methyl sites for hydroxylation is 2. The van der Waals surface area contributed by atoms with Crippen molar-refractivity contribution in [2.45, 2.75) is 19.3 Å². The molecule has 0 saturated carbocycles. The lowest BCUT2D eigenvalue weighted by Crippen LogP contribution is -2.22. The third-order valence-electron chi connectivity index (χ3n) is 4.09. The summed E-state index contributed by atoms with van der Waals surface area (Å²) in [5.74, 6) is 0.363. The first-order valence-electron chi connectivity index (χ1n) is 7.07. The second kappa shape index (κ2) is 4.58. The topological polar surface area (TPSA) is 90.7 Å². The zero-order valence-corrected chi connectivity index (χ0v) is 12.8. The number of anilines is 2. The van der Waals surface area contributed by atoms with E-state index in [0.717, 1.165) is 11.3 Å². The van der Waals surface area contributed by atoms with Crippen LogP contribution in [0, 0.1) is 0 Å². The van der Waals surface area contributed by atoms with Gasteiger partial charge in [0.05, 0.1) is 25.1 Å². The van der Waals surface area contributed by atoms with E-state index in [9.17, 15) is 13.2 Å². The lowest BCUT2D eigenvalue weighted by atomic mass is 10.3. The van der Waals surface area contributed by atoms with Crippen LogP contribution in [0.1, 0.15) is 17.0 Å². The number of aromatic nitrogens is 6. The van der Waals surface area contributed by atoms with Crippen molar-refractivity contribution in [1.29, 1.82) is 0 Å². The van der Waals surface area contributed by atoms with Gasteiger partial charge in [-0.2, -0.15) is 23.3 Å².